The summed E-state index contributed by atoms with van der Waals surface area (Å²) in [7, 11) is 0. The average molecular weight is 364 g/mol. The van der Waals surface area contributed by atoms with Gasteiger partial charge in [0.15, 0.2) is 0 Å². The number of amides is 1. The van der Waals surface area contributed by atoms with E-state index in [4.69, 9.17) is 17.0 Å². The normalized spacial score (nSPS) is 15.8. The van der Waals surface area contributed by atoms with Gasteiger partial charge in [0, 0.05) is 0 Å². The SMILES string of the molecule is CCCCCCCCCOc1ccc(/C=C2/SC(=S)NC2=O)cc1. The second kappa shape index (κ2) is 10.5. The molecule has 0 spiro atoms. The third-order valence-electron chi connectivity index (χ3n) is 3.84. The standard InChI is InChI=1S/C19H25NO2S2/c1-2-3-4-5-6-7-8-13-22-16-11-9-15(10-12-16)14-17-18(21)20-19(23)24-17/h9-12,14H,2-8,13H2,1H3,(H,20,21,23)/b17-14+. The Bertz CT molecular complexity index is 582. The lowest BCUT2D eigenvalue weighted by atomic mass is 10.1. The fourth-order valence-electron chi connectivity index (χ4n) is 2.48. The van der Waals surface area contributed by atoms with Gasteiger partial charge in [-0.05, 0) is 30.2 Å². The lowest BCUT2D eigenvalue weighted by Gasteiger charge is -2.06. The molecule has 1 aliphatic rings. The zero-order chi connectivity index (χ0) is 17.2. The number of nitrogens with one attached hydrogen (secondary N) is 1. The highest BCUT2D eigenvalue weighted by atomic mass is 32.2. The molecule has 1 aliphatic heterocycles. The van der Waals surface area contributed by atoms with Crippen molar-refractivity contribution in [2.75, 3.05) is 6.61 Å². The van der Waals surface area contributed by atoms with Crippen LogP contribution in [0.25, 0.3) is 6.08 Å². The van der Waals surface area contributed by atoms with E-state index in [-0.39, 0.29) is 5.91 Å². The fraction of sp³-hybridized carbons (Fsp3) is 0.474. The number of carbonyl (C=O) groups excluding carboxylic acids is 1. The summed E-state index contributed by atoms with van der Waals surface area (Å²) in [6.07, 6.45) is 10.8. The molecule has 0 aliphatic carbocycles. The summed E-state index contributed by atoms with van der Waals surface area (Å²) in [6.45, 7) is 3.01. The van der Waals surface area contributed by atoms with Gasteiger partial charge in [0.2, 0.25) is 0 Å². The highest BCUT2D eigenvalue weighted by molar-refractivity contribution is 8.26. The van der Waals surface area contributed by atoms with Gasteiger partial charge in [-0.15, -0.1) is 0 Å². The number of ether oxygens (including phenoxy) is 1. The van der Waals surface area contributed by atoms with Gasteiger partial charge in [0.05, 0.1) is 11.5 Å². The molecule has 0 unspecified atom stereocenters. The first kappa shape index (κ1) is 19.0. The molecule has 0 aromatic heterocycles. The molecule has 1 amide bonds. The minimum Gasteiger partial charge on any atom is -0.494 e. The Kier molecular flexibility index (Phi) is 8.33. The van der Waals surface area contributed by atoms with E-state index >= 15 is 0 Å². The molecule has 0 bridgehead atoms. The summed E-state index contributed by atoms with van der Waals surface area (Å²) in [6, 6.07) is 7.82. The Labute approximate surface area is 154 Å². The number of thioether (sulfide) groups is 1. The van der Waals surface area contributed by atoms with Crippen molar-refractivity contribution in [2.45, 2.75) is 51.9 Å². The van der Waals surface area contributed by atoms with Crippen LogP contribution in [0.15, 0.2) is 29.2 Å². The van der Waals surface area contributed by atoms with Crippen LogP contribution in [-0.2, 0) is 4.79 Å². The molecular weight excluding hydrogens is 338 g/mol. The molecule has 1 N–H and O–H groups in total. The van der Waals surface area contributed by atoms with Crippen LogP contribution >= 0.6 is 24.0 Å². The van der Waals surface area contributed by atoms with E-state index in [1.807, 2.05) is 30.3 Å². The lowest BCUT2D eigenvalue weighted by molar-refractivity contribution is -0.115. The van der Waals surface area contributed by atoms with Crippen LogP contribution in [0.4, 0.5) is 0 Å². The van der Waals surface area contributed by atoms with Crippen LogP contribution in [0.3, 0.4) is 0 Å². The highest BCUT2D eigenvalue weighted by Gasteiger charge is 2.21. The van der Waals surface area contributed by atoms with E-state index in [1.54, 1.807) is 0 Å². The quantitative estimate of drug-likeness (QED) is 0.347. The molecule has 2 rings (SSSR count). The molecular formula is C19H25NO2S2. The maximum Gasteiger partial charge on any atom is 0.263 e. The third kappa shape index (κ3) is 6.65. The molecule has 0 radical (unpaired) electrons. The van der Waals surface area contributed by atoms with E-state index in [9.17, 15) is 4.79 Å². The molecule has 1 heterocycles. The van der Waals surface area contributed by atoms with Crippen LogP contribution in [-0.4, -0.2) is 16.8 Å². The summed E-state index contributed by atoms with van der Waals surface area (Å²) in [5.74, 6) is 0.756. The summed E-state index contributed by atoms with van der Waals surface area (Å²) >= 11 is 6.28. The monoisotopic (exact) mass is 363 g/mol. The fourth-order valence-corrected chi connectivity index (χ4v) is 3.53. The first-order valence-electron chi connectivity index (χ1n) is 8.67. The summed E-state index contributed by atoms with van der Waals surface area (Å²) in [5.41, 5.74) is 0.973. The molecule has 1 aromatic carbocycles. The zero-order valence-corrected chi connectivity index (χ0v) is 15.8. The molecule has 130 valence electrons. The van der Waals surface area contributed by atoms with E-state index in [2.05, 4.69) is 12.2 Å². The summed E-state index contributed by atoms with van der Waals surface area (Å²) in [4.78, 5) is 12.3. The van der Waals surface area contributed by atoms with Gasteiger partial charge in [0.1, 0.15) is 10.1 Å². The Morgan fingerprint density at radius 3 is 2.38 bits per heavy atom. The van der Waals surface area contributed by atoms with E-state index in [1.165, 1.54) is 50.3 Å². The summed E-state index contributed by atoms with van der Waals surface area (Å²) in [5, 5.41) is 2.62. The van der Waals surface area contributed by atoms with Crippen LogP contribution in [0.5, 0.6) is 5.75 Å². The van der Waals surface area contributed by atoms with Crippen molar-refractivity contribution in [1.82, 2.24) is 5.32 Å². The van der Waals surface area contributed by atoms with Crippen molar-refractivity contribution in [1.29, 1.82) is 0 Å². The van der Waals surface area contributed by atoms with Crippen LogP contribution in [0, 0.1) is 0 Å². The molecule has 0 saturated carbocycles. The first-order chi connectivity index (χ1) is 11.7. The largest absolute Gasteiger partial charge is 0.494 e. The van der Waals surface area contributed by atoms with Crippen molar-refractivity contribution in [3.63, 3.8) is 0 Å². The number of thiocarbonyl (C=S) groups is 1. The van der Waals surface area contributed by atoms with Gasteiger partial charge in [-0.25, -0.2) is 0 Å². The lowest BCUT2D eigenvalue weighted by Crippen LogP contribution is -2.17. The molecule has 1 aromatic rings. The number of hydrogen-bond acceptors (Lipinski definition) is 4. The van der Waals surface area contributed by atoms with Crippen molar-refractivity contribution in [3.8, 4) is 5.75 Å². The van der Waals surface area contributed by atoms with Crippen LogP contribution < -0.4 is 10.1 Å². The highest BCUT2D eigenvalue weighted by Crippen LogP contribution is 2.26. The Balaban J connectivity index is 1.68. The Morgan fingerprint density at radius 2 is 1.75 bits per heavy atom. The van der Waals surface area contributed by atoms with Gasteiger partial charge in [0.25, 0.3) is 5.91 Å². The third-order valence-corrected chi connectivity index (χ3v) is 5.00. The molecule has 5 heteroatoms. The minimum atomic E-state index is -0.121. The maximum atomic E-state index is 11.6. The first-order valence-corrected chi connectivity index (χ1v) is 9.89. The Morgan fingerprint density at radius 1 is 1.08 bits per heavy atom. The number of unbranched alkanes of at least 4 members (excludes halogenated alkanes) is 6. The number of carbonyl (C=O) groups is 1. The smallest absolute Gasteiger partial charge is 0.263 e. The van der Waals surface area contributed by atoms with Crippen LogP contribution in [0.1, 0.15) is 57.4 Å². The second-order valence-corrected chi connectivity index (χ2v) is 7.61. The van der Waals surface area contributed by atoms with E-state index in [0.29, 0.717) is 9.23 Å². The zero-order valence-electron chi connectivity index (χ0n) is 14.2. The van der Waals surface area contributed by atoms with E-state index in [0.717, 1.165) is 24.3 Å². The van der Waals surface area contributed by atoms with E-state index < -0.39 is 0 Å². The predicted molar refractivity (Wildman–Crippen MR) is 106 cm³/mol. The van der Waals surface area contributed by atoms with Gasteiger partial charge in [-0.3, -0.25) is 4.79 Å². The van der Waals surface area contributed by atoms with Crippen molar-refractivity contribution < 1.29 is 9.53 Å². The molecule has 1 saturated heterocycles. The van der Waals surface area contributed by atoms with Crippen LogP contribution in [0.2, 0.25) is 0 Å². The van der Waals surface area contributed by atoms with Crippen molar-refractivity contribution >= 4 is 40.3 Å². The van der Waals surface area contributed by atoms with Crippen molar-refractivity contribution in [2.24, 2.45) is 0 Å². The van der Waals surface area contributed by atoms with Gasteiger partial charge in [-0.2, -0.15) is 0 Å². The number of benzene rings is 1. The second-order valence-electron chi connectivity index (χ2n) is 5.89. The topological polar surface area (TPSA) is 38.3 Å². The van der Waals surface area contributed by atoms with Gasteiger partial charge in [-0.1, -0.05) is 81.6 Å². The summed E-state index contributed by atoms with van der Waals surface area (Å²) < 4.78 is 6.29. The van der Waals surface area contributed by atoms with Crippen molar-refractivity contribution in [3.05, 3.63) is 34.7 Å². The maximum absolute atomic E-state index is 11.6. The predicted octanol–water partition coefficient (Wildman–Crippen LogP) is 5.30. The molecule has 24 heavy (non-hydrogen) atoms. The molecule has 3 nitrogen and oxygen atoms in total. The number of rotatable bonds is 10. The van der Waals surface area contributed by atoms with Gasteiger partial charge >= 0.3 is 0 Å². The molecule has 1 fully saturated rings. The minimum absolute atomic E-state index is 0.121. The average Bonchev–Trinajstić information content (AvgIpc) is 2.89. The van der Waals surface area contributed by atoms with Gasteiger partial charge < -0.3 is 10.1 Å². The Hall–Kier alpha value is -1.33. The number of hydrogen-bond donors (Lipinski definition) is 1. The molecule has 0 atom stereocenters.